The van der Waals surface area contributed by atoms with Crippen molar-refractivity contribution in [2.24, 2.45) is 0 Å². The second kappa shape index (κ2) is 8.87. The van der Waals surface area contributed by atoms with E-state index in [1.807, 2.05) is 13.8 Å². The first-order valence-electron chi connectivity index (χ1n) is 7.65. The van der Waals surface area contributed by atoms with Crippen LogP contribution in [-0.2, 0) is 11.2 Å². The number of halogens is 1. The maximum atomic E-state index is 13.0. The zero-order chi connectivity index (χ0) is 18.3. The normalized spacial score (nSPS) is 11.9. The zero-order valence-electron chi connectivity index (χ0n) is 14.6. The van der Waals surface area contributed by atoms with Crippen LogP contribution >= 0.6 is 0 Å². The first-order chi connectivity index (χ1) is 11.2. The Hall–Kier alpha value is -2.62. The quantitative estimate of drug-likeness (QED) is 0.462. The Morgan fingerprint density at radius 2 is 1.79 bits per heavy atom. The molecule has 0 saturated carbocycles. The van der Waals surface area contributed by atoms with Crippen molar-refractivity contribution in [3.05, 3.63) is 82.4 Å². The Morgan fingerprint density at radius 1 is 1.21 bits per heavy atom. The van der Waals surface area contributed by atoms with Crippen LogP contribution in [0.5, 0.6) is 0 Å². The number of carbonyl (C=O) groups is 1. The van der Waals surface area contributed by atoms with Gasteiger partial charge in [0.2, 0.25) is 5.91 Å². The molecule has 0 aliphatic carbocycles. The predicted octanol–water partition coefficient (Wildman–Crippen LogP) is 4.40. The number of benzene rings is 1. The van der Waals surface area contributed by atoms with Crippen molar-refractivity contribution in [3.63, 3.8) is 0 Å². The van der Waals surface area contributed by atoms with Gasteiger partial charge in [0.15, 0.2) is 0 Å². The van der Waals surface area contributed by atoms with E-state index in [9.17, 15) is 14.3 Å². The summed E-state index contributed by atoms with van der Waals surface area (Å²) in [4.78, 5) is 11.6. The lowest BCUT2D eigenvalue weighted by molar-refractivity contribution is -0.116. The van der Waals surface area contributed by atoms with E-state index in [2.05, 4.69) is 11.9 Å². The summed E-state index contributed by atoms with van der Waals surface area (Å²) in [5.41, 5.74) is 3.92. The molecular formula is C20H24FNO2. The van der Waals surface area contributed by atoms with Crippen LogP contribution in [0.25, 0.3) is 0 Å². The molecule has 0 aliphatic rings. The minimum Gasteiger partial charge on any atom is -0.508 e. The number of allylic oxidation sites excluding steroid dienone is 4. The van der Waals surface area contributed by atoms with Crippen LogP contribution in [0.1, 0.15) is 26.3 Å². The van der Waals surface area contributed by atoms with E-state index in [-0.39, 0.29) is 17.5 Å². The van der Waals surface area contributed by atoms with Crippen LogP contribution in [0.4, 0.5) is 4.39 Å². The molecule has 24 heavy (non-hydrogen) atoms. The smallest absolute Gasteiger partial charge is 0.246 e. The van der Waals surface area contributed by atoms with Gasteiger partial charge in [-0.25, -0.2) is 4.39 Å². The number of aliphatic hydroxyl groups excluding tert-OH is 1. The minimum atomic E-state index is -0.276. The van der Waals surface area contributed by atoms with Crippen LogP contribution in [-0.4, -0.2) is 18.1 Å². The van der Waals surface area contributed by atoms with Crippen molar-refractivity contribution in [2.45, 2.75) is 27.2 Å². The molecule has 0 saturated heterocycles. The molecule has 1 aromatic carbocycles. The van der Waals surface area contributed by atoms with E-state index < -0.39 is 0 Å². The molecule has 0 unspecified atom stereocenters. The molecule has 3 nitrogen and oxygen atoms in total. The molecule has 2 N–H and O–H groups in total. The van der Waals surface area contributed by atoms with Crippen molar-refractivity contribution >= 4 is 5.91 Å². The number of carbonyl (C=O) groups excluding carboxylic acids is 1. The van der Waals surface area contributed by atoms with Gasteiger partial charge in [0.25, 0.3) is 0 Å². The average molecular weight is 329 g/mol. The molecule has 0 atom stereocenters. The molecule has 0 fully saturated rings. The van der Waals surface area contributed by atoms with Crippen LogP contribution < -0.4 is 5.32 Å². The Labute approximate surface area is 142 Å². The van der Waals surface area contributed by atoms with Gasteiger partial charge in [-0.15, -0.1) is 0 Å². The molecule has 1 rings (SSSR count). The predicted molar refractivity (Wildman–Crippen MR) is 96.2 cm³/mol. The maximum Gasteiger partial charge on any atom is 0.246 e. The highest BCUT2D eigenvalue weighted by Gasteiger charge is 2.07. The van der Waals surface area contributed by atoms with E-state index in [1.165, 1.54) is 12.1 Å². The SMILES string of the molecule is C=C(O)C(/C=C(\C)C(=O)NC)=C/C(Cc1ccc(F)cc1)=C(C)C. The fraction of sp³-hybridized carbons (Fsp3) is 0.250. The van der Waals surface area contributed by atoms with E-state index in [0.29, 0.717) is 17.6 Å². The van der Waals surface area contributed by atoms with Crippen LogP contribution in [0.3, 0.4) is 0 Å². The molecule has 0 aliphatic heterocycles. The fourth-order valence-corrected chi connectivity index (χ4v) is 2.09. The van der Waals surface area contributed by atoms with Crippen LogP contribution in [0.15, 0.2) is 71.0 Å². The van der Waals surface area contributed by atoms with Gasteiger partial charge in [-0.05, 0) is 62.6 Å². The lowest BCUT2D eigenvalue weighted by Crippen LogP contribution is -2.18. The topological polar surface area (TPSA) is 49.3 Å². The zero-order valence-corrected chi connectivity index (χ0v) is 14.6. The van der Waals surface area contributed by atoms with Gasteiger partial charge in [0, 0.05) is 18.2 Å². The van der Waals surface area contributed by atoms with Crippen molar-refractivity contribution in [3.8, 4) is 0 Å². The third kappa shape index (κ3) is 5.88. The van der Waals surface area contributed by atoms with Crippen molar-refractivity contribution in [2.75, 3.05) is 7.05 Å². The highest BCUT2D eigenvalue weighted by atomic mass is 19.1. The summed E-state index contributed by atoms with van der Waals surface area (Å²) in [6.45, 7) is 9.15. The fourth-order valence-electron chi connectivity index (χ4n) is 2.09. The largest absolute Gasteiger partial charge is 0.508 e. The van der Waals surface area contributed by atoms with Crippen molar-refractivity contribution in [1.29, 1.82) is 0 Å². The summed E-state index contributed by atoms with van der Waals surface area (Å²) >= 11 is 0. The number of hydrogen-bond donors (Lipinski definition) is 2. The van der Waals surface area contributed by atoms with Crippen LogP contribution in [0.2, 0.25) is 0 Å². The van der Waals surface area contributed by atoms with E-state index in [4.69, 9.17) is 0 Å². The second-order valence-electron chi connectivity index (χ2n) is 5.78. The Kier molecular flexibility index (Phi) is 7.18. The van der Waals surface area contributed by atoms with Gasteiger partial charge >= 0.3 is 0 Å². The van der Waals surface area contributed by atoms with E-state index >= 15 is 0 Å². The van der Waals surface area contributed by atoms with Crippen LogP contribution in [0, 0.1) is 5.82 Å². The monoisotopic (exact) mass is 329 g/mol. The molecule has 0 aromatic heterocycles. The van der Waals surface area contributed by atoms with Gasteiger partial charge in [0.1, 0.15) is 11.6 Å². The molecule has 128 valence electrons. The molecule has 1 amide bonds. The number of rotatable bonds is 6. The van der Waals surface area contributed by atoms with Crippen molar-refractivity contribution < 1.29 is 14.3 Å². The molecular weight excluding hydrogens is 305 g/mol. The van der Waals surface area contributed by atoms with E-state index in [0.717, 1.165) is 16.7 Å². The maximum absolute atomic E-state index is 13.0. The summed E-state index contributed by atoms with van der Waals surface area (Å²) < 4.78 is 13.0. The standard InChI is InChI=1S/C20H24FNO2/c1-13(2)17(11-16-6-8-19(21)9-7-16)12-18(15(4)23)10-14(3)20(24)22-5/h6-10,12,23H,4,11H2,1-3,5H3,(H,22,24)/b14-10+,18-12+. The van der Waals surface area contributed by atoms with Gasteiger partial charge in [-0.3, -0.25) is 4.79 Å². The Bertz CT molecular complexity index is 706. The Balaban J connectivity index is 3.20. The van der Waals surface area contributed by atoms with Gasteiger partial charge < -0.3 is 10.4 Å². The molecule has 4 heteroatoms. The summed E-state index contributed by atoms with van der Waals surface area (Å²) in [7, 11) is 1.55. The number of amides is 1. The summed E-state index contributed by atoms with van der Waals surface area (Å²) in [5.74, 6) is -0.614. The molecule has 0 heterocycles. The first-order valence-corrected chi connectivity index (χ1v) is 7.65. The average Bonchev–Trinajstić information content (AvgIpc) is 2.53. The van der Waals surface area contributed by atoms with Gasteiger partial charge in [0.05, 0.1) is 0 Å². The Morgan fingerprint density at radius 3 is 2.25 bits per heavy atom. The minimum absolute atomic E-state index is 0.115. The van der Waals surface area contributed by atoms with E-state index in [1.54, 1.807) is 38.3 Å². The molecule has 1 aromatic rings. The highest BCUT2D eigenvalue weighted by Crippen LogP contribution is 2.19. The molecule has 0 bridgehead atoms. The summed E-state index contributed by atoms with van der Waals surface area (Å²) in [6, 6.07) is 6.29. The lowest BCUT2D eigenvalue weighted by Gasteiger charge is -2.09. The lowest BCUT2D eigenvalue weighted by atomic mass is 9.97. The van der Waals surface area contributed by atoms with Gasteiger partial charge in [-0.1, -0.05) is 24.3 Å². The molecule has 0 spiro atoms. The first kappa shape index (κ1) is 19.4. The third-order valence-electron chi connectivity index (χ3n) is 3.57. The molecule has 0 radical (unpaired) electrons. The third-order valence-corrected chi connectivity index (χ3v) is 3.57. The number of likely N-dealkylation sites (N-methyl/N-ethyl adjacent to an activating group) is 1. The highest BCUT2D eigenvalue weighted by molar-refractivity contribution is 5.93. The van der Waals surface area contributed by atoms with Gasteiger partial charge in [-0.2, -0.15) is 0 Å². The number of aliphatic hydroxyl groups is 1. The number of nitrogens with one attached hydrogen (secondary N) is 1. The summed E-state index contributed by atoms with van der Waals surface area (Å²) in [5, 5.41) is 12.4. The summed E-state index contributed by atoms with van der Waals surface area (Å²) in [6.07, 6.45) is 3.98. The second-order valence-corrected chi connectivity index (χ2v) is 5.78. The number of hydrogen-bond acceptors (Lipinski definition) is 2. The van der Waals surface area contributed by atoms with Crippen molar-refractivity contribution in [1.82, 2.24) is 5.32 Å².